The third-order valence-electron chi connectivity index (χ3n) is 4.04. The zero-order chi connectivity index (χ0) is 17.2. The van der Waals surface area contributed by atoms with Gasteiger partial charge in [0.05, 0.1) is 15.7 Å². The van der Waals surface area contributed by atoms with Crippen molar-refractivity contribution in [2.75, 3.05) is 26.4 Å². The van der Waals surface area contributed by atoms with Gasteiger partial charge in [-0.2, -0.15) is 0 Å². The molecule has 0 aromatic carbocycles. The van der Waals surface area contributed by atoms with E-state index in [1.165, 1.54) is 25.7 Å². The fourth-order valence-electron chi connectivity index (χ4n) is 2.10. The Labute approximate surface area is 207 Å². The largest absolute Gasteiger partial charge is 0.381 e. The van der Waals surface area contributed by atoms with Crippen LogP contribution in [0, 0.1) is 0 Å². The smallest absolute Gasteiger partial charge is 0.0649 e. The standard InChI is InChI=1S/C8H20B2Si2.2C4H8O.2B.Li.Na/c1-11(2,3)7(9)8(10)12(4,5)6;2*1-2-4-5-3-1;;;;/h7-8H,1-6H3;2*1-4H2;;;;. The van der Waals surface area contributed by atoms with E-state index >= 15 is 0 Å². The second-order valence-corrected chi connectivity index (χ2v) is 19.2. The van der Waals surface area contributed by atoms with Crippen molar-refractivity contribution >= 4 is 97.1 Å². The minimum Gasteiger partial charge on any atom is -0.381 e. The van der Waals surface area contributed by atoms with Crippen LogP contribution in [0.4, 0.5) is 0 Å². The van der Waals surface area contributed by atoms with Crippen molar-refractivity contribution in [2.45, 2.75) is 75.8 Å². The quantitative estimate of drug-likeness (QED) is 0.691. The van der Waals surface area contributed by atoms with Crippen molar-refractivity contribution in [2.24, 2.45) is 0 Å². The minimum absolute atomic E-state index is 0. The molecule has 134 valence electrons. The fraction of sp³-hybridized carbons (Fsp3) is 1.00. The summed E-state index contributed by atoms with van der Waals surface area (Å²) in [6, 6.07) is 0. The molecule has 0 N–H and O–H groups in total. The van der Waals surface area contributed by atoms with Crippen molar-refractivity contribution in [1.82, 2.24) is 0 Å². The molecule has 2 aliphatic rings. The van der Waals surface area contributed by atoms with Crippen LogP contribution in [0.5, 0.6) is 0 Å². The maximum atomic E-state index is 6.15. The first-order chi connectivity index (χ1) is 10.1. The molecule has 0 amide bonds. The molecular weight excluding hydrogens is 354 g/mol. The van der Waals surface area contributed by atoms with Crippen LogP contribution in [0.2, 0.25) is 50.2 Å². The Morgan fingerprint density at radius 1 is 0.615 bits per heavy atom. The molecule has 2 fully saturated rings. The normalized spacial score (nSPS) is 17.9. The second kappa shape index (κ2) is 20.5. The van der Waals surface area contributed by atoms with Crippen molar-refractivity contribution in [1.29, 1.82) is 0 Å². The summed E-state index contributed by atoms with van der Waals surface area (Å²) in [4.78, 5) is 0. The molecule has 2 aliphatic heterocycles. The first kappa shape index (κ1) is 38.8. The Kier molecular flexibility index (Phi) is 30.5. The summed E-state index contributed by atoms with van der Waals surface area (Å²) in [6.45, 7) is 17.7. The second-order valence-electron chi connectivity index (χ2n) is 8.42. The predicted octanol–water partition coefficient (Wildman–Crippen LogP) is 2.73. The van der Waals surface area contributed by atoms with E-state index in [2.05, 4.69) is 39.3 Å². The van der Waals surface area contributed by atoms with Gasteiger partial charge in [-0.05, 0) is 25.7 Å². The van der Waals surface area contributed by atoms with Gasteiger partial charge in [0.25, 0.3) is 0 Å². The summed E-state index contributed by atoms with van der Waals surface area (Å²) >= 11 is 0. The molecule has 0 aromatic heterocycles. The van der Waals surface area contributed by atoms with Crippen LogP contribution in [0.3, 0.4) is 0 Å². The van der Waals surface area contributed by atoms with E-state index in [-0.39, 0.29) is 76.1 Å². The summed E-state index contributed by atoms with van der Waals surface area (Å²) < 4.78 is 9.89. The van der Waals surface area contributed by atoms with Crippen molar-refractivity contribution in [3.8, 4) is 0 Å². The van der Waals surface area contributed by atoms with E-state index in [0.717, 1.165) is 26.4 Å². The summed E-state index contributed by atoms with van der Waals surface area (Å²) in [5, 5.41) is 0. The SMILES string of the molecule is C1CCOC1.C1CCOC1.[B].[B].[B]C(C([B])[Si](C)(C)C)[Si](C)(C)C.[Li].[Na]. The fourth-order valence-corrected chi connectivity index (χ4v) is 7.25. The molecule has 2 unspecified atom stereocenters. The van der Waals surface area contributed by atoms with Gasteiger partial charge in [-0.25, -0.2) is 0 Å². The molecule has 0 saturated carbocycles. The average Bonchev–Trinajstić information content (AvgIpc) is 3.11. The Morgan fingerprint density at radius 2 is 0.808 bits per heavy atom. The Balaban J connectivity index is -0.0000000883. The average molecular weight is 390 g/mol. The van der Waals surface area contributed by atoms with E-state index in [9.17, 15) is 0 Å². The van der Waals surface area contributed by atoms with Gasteiger partial charge in [-0.1, -0.05) is 50.2 Å². The van der Waals surface area contributed by atoms with Crippen LogP contribution in [-0.2, 0) is 9.47 Å². The van der Waals surface area contributed by atoms with Crippen LogP contribution in [-0.4, -0.2) is 124 Å². The molecule has 0 aliphatic carbocycles. The molecule has 0 bridgehead atoms. The van der Waals surface area contributed by atoms with Crippen LogP contribution in [0.25, 0.3) is 0 Å². The number of hydrogen-bond donors (Lipinski definition) is 0. The Bertz CT molecular complexity index is 245. The molecule has 12 radical (unpaired) electrons. The number of rotatable bonds is 3. The Morgan fingerprint density at radius 3 is 0.885 bits per heavy atom. The summed E-state index contributed by atoms with van der Waals surface area (Å²) in [5.41, 5.74) is 0.508. The van der Waals surface area contributed by atoms with E-state index in [1.807, 2.05) is 0 Å². The third kappa shape index (κ3) is 20.9. The van der Waals surface area contributed by atoms with Gasteiger partial charge < -0.3 is 9.47 Å². The maximum Gasteiger partial charge on any atom is 0.0649 e. The molecule has 0 spiro atoms. The first-order valence-electron chi connectivity index (χ1n) is 8.73. The summed E-state index contributed by atoms with van der Waals surface area (Å²) in [7, 11) is 9.81. The number of hydrogen-bond acceptors (Lipinski definition) is 2. The maximum absolute atomic E-state index is 6.15. The van der Waals surface area contributed by atoms with E-state index < -0.39 is 16.1 Å². The monoisotopic (exact) mass is 390 g/mol. The molecule has 2 atom stereocenters. The molecule has 0 aromatic rings. The van der Waals surface area contributed by atoms with Gasteiger partial charge in [0.2, 0.25) is 0 Å². The van der Waals surface area contributed by atoms with Gasteiger partial charge in [0, 0.05) is 108 Å². The summed E-state index contributed by atoms with van der Waals surface area (Å²) in [5.74, 6) is 0. The zero-order valence-corrected chi connectivity index (χ0v) is 22.9. The topological polar surface area (TPSA) is 18.5 Å². The molecule has 2 saturated heterocycles. The van der Waals surface area contributed by atoms with Crippen molar-refractivity contribution in [3.05, 3.63) is 0 Å². The van der Waals surface area contributed by atoms with Crippen LogP contribution in [0.1, 0.15) is 25.7 Å². The van der Waals surface area contributed by atoms with Gasteiger partial charge in [0.1, 0.15) is 0 Å². The first-order valence-corrected chi connectivity index (χ1v) is 15.9. The van der Waals surface area contributed by atoms with E-state index in [1.54, 1.807) is 0 Å². The molecule has 26 heavy (non-hydrogen) atoms. The van der Waals surface area contributed by atoms with Gasteiger partial charge in [0.15, 0.2) is 0 Å². The molecule has 2 heterocycles. The Hall–Kier alpha value is 2.21. The molecular formula is C16H36B4LiNaO2Si2. The third-order valence-corrected chi connectivity index (χ3v) is 9.09. The van der Waals surface area contributed by atoms with Gasteiger partial charge >= 0.3 is 0 Å². The van der Waals surface area contributed by atoms with Gasteiger partial charge in [-0.3, -0.25) is 0 Å². The van der Waals surface area contributed by atoms with E-state index in [0.29, 0.717) is 0 Å². The zero-order valence-electron chi connectivity index (χ0n) is 18.9. The van der Waals surface area contributed by atoms with Crippen molar-refractivity contribution in [3.63, 3.8) is 0 Å². The van der Waals surface area contributed by atoms with Crippen LogP contribution < -0.4 is 0 Å². The molecule has 2 nitrogen and oxygen atoms in total. The van der Waals surface area contributed by atoms with Crippen LogP contribution in [0.15, 0.2) is 0 Å². The molecule has 10 heteroatoms. The molecule has 2 rings (SSSR count). The van der Waals surface area contributed by atoms with E-state index in [4.69, 9.17) is 25.2 Å². The predicted molar refractivity (Wildman–Crippen MR) is 129 cm³/mol. The number of ether oxygens (including phenoxy) is 2. The van der Waals surface area contributed by atoms with Crippen molar-refractivity contribution < 1.29 is 9.47 Å². The van der Waals surface area contributed by atoms with Crippen LogP contribution >= 0.6 is 0 Å². The van der Waals surface area contributed by atoms with Gasteiger partial charge in [-0.15, -0.1) is 0 Å². The summed E-state index contributed by atoms with van der Waals surface area (Å²) in [6.07, 6.45) is 5.11. The minimum atomic E-state index is -1.25.